The van der Waals surface area contributed by atoms with Crippen LogP contribution in [0.5, 0.6) is 11.5 Å². The Morgan fingerprint density at radius 2 is 2.12 bits per heavy atom. The highest BCUT2D eigenvalue weighted by molar-refractivity contribution is 5.95. The number of likely N-dealkylation sites (tertiary alicyclic amines) is 1. The molecule has 1 saturated heterocycles. The van der Waals surface area contributed by atoms with Crippen molar-refractivity contribution in [1.82, 2.24) is 4.90 Å². The fraction of sp³-hybridized carbons (Fsp3) is 0.562. The molecule has 1 amide bonds. The lowest BCUT2D eigenvalue weighted by atomic mass is 9.92. The number of ether oxygens (including phenoxy) is 2. The van der Waals surface area contributed by atoms with E-state index in [-0.39, 0.29) is 41.4 Å². The lowest BCUT2D eigenvalue weighted by molar-refractivity contribution is -0.0512. The van der Waals surface area contributed by atoms with Gasteiger partial charge in [0.05, 0.1) is 7.11 Å². The van der Waals surface area contributed by atoms with Gasteiger partial charge in [-0.1, -0.05) is 6.92 Å². The number of rotatable bonds is 5. The Kier molecular flexibility index (Phi) is 7.69. The Balaban J connectivity index is 0.00000288. The number of halogens is 3. The van der Waals surface area contributed by atoms with Gasteiger partial charge in [-0.2, -0.15) is 8.78 Å². The minimum atomic E-state index is -2.98. The first-order chi connectivity index (χ1) is 11.0. The molecule has 2 N–H and O–H groups in total. The summed E-state index contributed by atoms with van der Waals surface area (Å²) in [5.74, 6) is 0.294. The molecule has 0 radical (unpaired) electrons. The number of amides is 1. The maximum atomic E-state index is 12.7. The van der Waals surface area contributed by atoms with E-state index in [2.05, 4.69) is 11.7 Å². The molecule has 24 heavy (non-hydrogen) atoms. The molecule has 8 heteroatoms. The molecule has 1 aromatic carbocycles. The number of hydrogen-bond donors (Lipinski definition) is 1. The Hall–Kier alpha value is -1.60. The van der Waals surface area contributed by atoms with Gasteiger partial charge >= 0.3 is 6.61 Å². The summed E-state index contributed by atoms with van der Waals surface area (Å²) in [6, 6.07) is 4.26. The quantitative estimate of drug-likeness (QED) is 0.872. The van der Waals surface area contributed by atoms with E-state index in [0.717, 1.165) is 12.8 Å². The standard InChI is InChI=1S/C16H22F2N2O3.ClH/c1-10-5-6-20(12(7-10)9-19)15(21)11-3-4-13(22-2)14(8-11)23-16(17)18;/h3-4,8,10,12,16H,5-7,9,19H2,1-2H3;1H. The van der Waals surface area contributed by atoms with Crippen LogP contribution in [0.15, 0.2) is 18.2 Å². The first-order valence-electron chi connectivity index (χ1n) is 7.60. The van der Waals surface area contributed by atoms with Gasteiger partial charge in [0.25, 0.3) is 5.91 Å². The van der Waals surface area contributed by atoms with Gasteiger partial charge in [-0.05, 0) is 37.0 Å². The van der Waals surface area contributed by atoms with Crippen LogP contribution in [0.25, 0.3) is 0 Å². The van der Waals surface area contributed by atoms with Gasteiger partial charge in [-0.25, -0.2) is 0 Å². The van der Waals surface area contributed by atoms with Gasteiger partial charge in [-0.3, -0.25) is 4.79 Å². The summed E-state index contributed by atoms with van der Waals surface area (Å²) in [7, 11) is 1.35. The smallest absolute Gasteiger partial charge is 0.387 e. The van der Waals surface area contributed by atoms with E-state index in [9.17, 15) is 13.6 Å². The zero-order valence-corrected chi connectivity index (χ0v) is 14.5. The number of alkyl halides is 2. The molecule has 1 aromatic rings. The number of carbonyl (C=O) groups excluding carboxylic acids is 1. The van der Waals surface area contributed by atoms with Crippen LogP contribution < -0.4 is 15.2 Å². The van der Waals surface area contributed by atoms with Crippen LogP contribution in [0.3, 0.4) is 0 Å². The summed E-state index contributed by atoms with van der Waals surface area (Å²) in [6.45, 7) is 0.139. The zero-order chi connectivity index (χ0) is 17.0. The highest BCUT2D eigenvalue weighted by Crippen LogP contribution is 2.31. The molecule has 5 nitrogen and oxygen atoms in total. The Bertz CT molecular complexity index is 560. The average molecular weight is 365 g/mol. The molecule has 0 bridgehead atoms. The van der Waals surface area contributed by atoms with Crippen molar-refractivity contribution in [3.8, 4) is 11.5 Å². The SMILES string of the molecule is COc1ccc(C(=O)N2CCC(C)CC2CN)cc1OC(F)F.Cl. The van der Waals surface area contributed by atoms with Crippen LogP contribution in [0.1, 0.15) is 30.1 Å². The van der Waals surface area contributed by atoms with Crippen LogP contribution in [-0.4, -0.2) is 43.7 Å². The van der Waals surface area contributed by atoms with Gasteiger partial charge in [0, 0.05) is 24.7 Å². The molecule has 0 spiro atoms. The summed E-state index contributed by atoms with van der Waals surface area (Å²) >= 11 is 0. The second kappa shape index (κ2) is 9.03. The highest BCUT2D eigenvalue weighted by Gasteiger charge is 2.30. The Morgan fingerprint density at radius 1 is 1.42 bits per heavy atom. The molecule has 2 rings (SSSR count). The van der Waals surface area contributed by atoms with Gasteiger partial charge in [0.15, 0.2) is 11.5 Å². The number of nitrogens with two attached hydrogens (primary N) is 1. The van der Waals surface area contributed by atoms with Gasteiger partial charge < -0.3 is 20.1 Å². The fourth-order valence-electron chi connectivity index (χ4n) is 2.91. The van der Waals surface area contributed by atoms with Gasteiger partial charge in [-0.15, -0.1) is 12.4 Å². The summed E-state index contributed by atoms with van der Waals surface area (Å²) in [4.78, 5) is 14.4. The van der Waals surface area contributed by atoms with E-state index in [1.54, 1.807) is 11.0 Å². The van der Waals surface area contributed by atoms with Crippen molar-refractivity contribution >= 4 is 18.3 Å². The van der Waals surface area contributed by atoms with Crippen molar-refractivity contribution in [2.45, 2.75) is 32.4 Å². The van der Waals surface area contributed by atoms with Crippen LogP contribution in [0, 0.1) is 5.92 Å². The predicted octanol–water partition coefficient (Wildman–Crippen LogP) is 2.92. The first-order valence-corrected chi connectivity index (χ1v) is 7.60. The minimum absolute atomic E-state index is 0. The van der Waals surface area contributed by atoms with E-state index in [1.165, 1.54) is 19.2 Å². The van der Waals surface area contributed by atoms with Crippen molar-refractivity contribution in [3.05, 3.63) is 23.8 Å². The average Bonchev–Trinajstić information content (AvgIpc) is 2.53. The van der Waals surface area contributed by atoms with Crippen LogP contribution in [0.4, 0.5) is 8.78 Å². The fourth-order valence-corrected chi connectivity index (χ4v) is 2.91. The largest absolute Gasteiger partial charge is 0.493 e. The number of piperidine rings is 1. The van der Waals surface area contributed by atoms with E-state index in [4.69, 9.17) is 10.5 Å². The second-order valence-corrected chi connectivity index (χ2v) is 5.76. The lowest BCUT2D eigenvalue weighted by Crippen LogP contribution is -2.49. The second-order valence-electron chi connectivity index (χ2n) is 5.76. The minimum Gasteiger partial charge on any atom is -0.493 e. The normalized spacial score (nSPS) is 20.5. The molecule has 2 unspecified atom stereocenters. The van der Waals surface area contributed by atoms with E-state index < -0.39 is 6.61 Å². The molecule has 0 aliphatic carbocycles. The summed E-state index contributed by atoms with van der Waals surface area (Å²) in [6.07, 6.45) is 1.75. The third-order valence-electron chi connectivity index (χ3n) is 4.14. The van der Waals surface area contributed by atoms with Crippen molar-refractivity contribution in [2.24, 2.45) is 11.7 Å². The number of nitrogens with zero attached hydrogens (tertiary/aromatic N) is 1. The molecule has 0 aromatic heterocycles. The van der Waals surface area contributed by atoms with Crippen LogP contribution >= 0.6 is 12.4 Å². The predicted molar refractivity (Wildman–Crippen MR) is 89.2 cm³/mol. The Labute approximate surface area is 146 Å². The molecular formula is C16H23ClF2N2O3. The Morgan fingerprint density at radius 3 is 2.71 bits per heavy atom. The van der Waals surface area contributed by atoms with Crippen molar-refractivity contribution in [3.63, 3.8) is 0 Å². The van der Waals surface area contributed by atoms with E-state index in [1.807, 2.05) is 0 Å². The van der Waals surface area contributed by atoms with Crippen LogP contribution in [0.2, 0.25) is 0 Å². The maximum absolute atomic E-state index is 12.7. The summed E-state index contributed by atoms with van der Waals surface area (Å²) < 4.78 is 34.4. The van der Waals surface area contributed by atoms with E-state index >= 15 is 0 Å². The van der Waals surface area contributed by atoms with E-state index in [0.29, 0.717) is 19.0 Å². The third-order valence-corrected chi connectivity index (χ3v) is 4.14. The topological polar surface area (TPSA) is 64.8 Å². The van der Waals surface area contributed by atoms with Gasteiger partial charge in [0.2, 0.25) is 0 Å². The maximum Gasteiger partial charge on any atom is 0.387 e. The number of hydrogen-bond acceptors (Lipinski definition) is 4. The van der Waals surface area contributed by atoms with Gasteiger partial charge in [0.1, 0.15) is 0 Å². The first kappa shape index (κ1) is 20.4. The third kappa shape index (κ3) is 4.70. The summed E-state index contributed by atoms with van der Waals surface area (Å²) in [5, 5.41) is 0. The molecule has 1 aliphatic heterocycles. The molecule has 1 heterocycles. The number of benzene rings is 1. The molecule has 0 saturated carbocycles. The molecule has 1 aliphatic rings. The summed E-state index contributed by atoms with van der Waals surface area (Å²) in [5.41, 5.74) is 6.06. The highest BCUT2D eigenvalue weighted by atomic mass is 35.5. The zero-order valence-electron chi connectivity index (χ0n) is 13.7. The lowest BCUT2D eigenvalue weighted by Gasteiger charge is -2.38. The molecule has 2 atom stereocenters. The number of methoxy groups -OCH3 is 1. The number of carbonyl (C=O) groups is 1. The van der Waals surface area contributed by atoms with Crippen LogP contribution in [-0.2, 0) is 0 Å². The molecule has 1 fully saturated rings. The monoisotopic (exact) mass is 364 g/mol. The molecular weight excluding hydrogens is 342 g/mol. The van der Waals surface area contributed by atoms with Crippen molar-refractivity contribution in [1.29, 1.82) is 0 Å². The van der Waals surface area contributed by atoms with Crippen molar-refractivity contribution < 1.29 is 23.0 Å². The van der Waals surface area contributed by atoms with Crippen molar-refractivity contribution in [2.75, 3.05) is 20.2 Å². The molecule has 136 valence electrons.